The van der Waals surface area contributed by atoms with Gasteiger partial charge in [0.1, 0.15) is 5.37 Å². The van der Waals surface area contributed by atoms with Crippen molar-refractivity contribution in [3.8, 4) is 11.5 Å². The first-order chi connectivity index (χ1) is 14.5. The predicted molar refractivity (Wildman–Crippen MR) is 111 cm³/mol. The molecule has 8 heteroatoms. The molecule has 2 aliphatic rings. The second kappa shape index (κ2) is 9.04. The third kappa shape index (κ3) is 4.43. The topological polar surface area (TPSA) is 71.4 Å². The molecule has 2 N–H and O–H groups in total. The summed E-state index contributed by atoms with van der Waals surface area (Å²) in [6.45, 7) is 0.0843. The molecule has 4 rings (SSSR count). The molecule has 1 amide bonds. The van der Waals surface area contributed by atoms with Crippen LogP contribution in [0.15, 0.2) is 36.4 Å². The Bertz CT molecular complexity index is 963. The summed E-state index contributed by atoms with van der Waals surface area (Å²) in [7, 11) is 0. The standard InChI is InChI=1S/C22H22F2N2O3S/c23-16-10-9-14(11-17(16)24)20(25)30-22(26-21(27)13-5-2-1-3-6-13)15-7-4-8-18-19(15)29-12-28-18/h4,7-11,13,22,25H,1-3,5-6,12H2,(H,26,27). The van der Waals surface area contributed by atoms with Crippen LogP contribution in [0, 0.1) is 23.0 Å². The first-order valence-corrected chi connectivity index (χ1v) is 10.8. The maximum absolute atomic E-state index is 13.6. The van der Waals surface area contributed by atoms with Crippen LogP contribution >= 0.6 is 11.8 Å². The maximum atomic E-state index is 13.6. The van der Waals surface area contributed by atoms with Crippen LogP contribution in [0.5, 0.6) is 11.5 Å². The van der Waals surface area contributed by atoms with Crippen LogP contribution in [-0.2, 0) is 4.79 Å². The number of fused-ring (bicyclic) bond motifs is 1. The fourth-order valence-electron chi connectivity index (χ4n) is 3.77. The van der Waals surface area contributed by atoms with E-state index in [0.717, 1.165) is 56.0 Å². The quantitative estimate of drug-likeness (QED) is 0.390. The summed E-state index contributed by atoms with van der Waals surface area (Å²) >= 11 is 1.05. The normalized spacial score (nSPS) is 16.9. The van der Waals surface area contributed by atoms with Crippen LogP contribution in [0.25, 0.3) is 0 Å². The Labute approximate surface area is 177 Å². The molecule has 158 valence electrons. The van der Waals surface area contributed by atoms with E-state index < -0.39 is 17.0 Å². The van der Waals surface area contributed by atoms with Gasteiger partial charge < -0.3 is 14.8 Å². The second-order valence-electron chi connectivity index (χ2n) is 7.38. The average Bonchev–Trinajstić information content (AvgIpc) is 3.24. The van der Waals surface area contributed by atoms with Gasteiger partial charge in [-0.1, -0.05) is 43.2 Å². The number of hydrogen-bond donors (Lipinski definition) is 2. The minimum absolute atomic E-state index is 0.0133. The van der Waals surface area contributed by atoms with Crippen molar-refractivity contribution in [1.82, 2.24) is 5.32 Å². The molecular formula is C22H22F2N2O3S. The molecule has 1 aliphatic heterocycles. The molecule has 1 unspecified atom stereocenters. The fraction of sp³-hybridized carbons (Fsp3) is 0.364. The Morgan fingerprint density at radius 3 is 2.67 bits per heavy atom. The third-order valence-corrected chi connectivity index (χ3v) is 6.46. The Hall–Kier alpha value is -2.61. The van der Waals surface area contributed by atoms with E-state index in [-0.39, 0.29) is 29.2 Å². The molecule has 2 aromatic rings. The number of carbonyl (C=O) groups excluding carboxylic acids is 1. The van der Waals surface area contributed by atoms with Crippen LogP contribution in [-0.4, -0.2) is 17.7 Å². The highest BCUT2D eigenvalue weighted by Gasteiger charge is 2.29. The summed E-state index contributed by atoms with van der Waals surface area (Å²) in [5.74, 6) is -1.01. The van der Waals surface area contributed by atoms with Gasteiger partial charge in [0.05, 0.1) is 5.04 Å². The van der Waals surface area contributed by atoms with Crippen molar-refractivity contribution < 1.29 is 23.0 Å². The molecule has 1 heterocycles. The van der Waals surface area contributed by atoms with E-state index in [1.807, 2.05) is 6.07 Å². The molecule has 1 fully saturated rings. The summed E-state index contributed by atoms with van der Waals surface area (Å²) in [5, 5.41) is 10.8. The number of rotatable bonds is 5. The van der Waals surface area contributed by atoms with Gasteiger partial charge in [-0.05, 0) is 37.1 Å². The van der Waals surface area contributed by atoms with Crippen molar-refractivity contribution >= 4 is 22.7 Å². The van der Waals surface area contributed by atoms with Crippen LogP contribution in [0.4, 0.5) is 8.78 Å². The van der Waals surface area contributed by atoms with Crippen molar-refractivity contribution in [3.05, 3.63) is 59.2 Å². The molecule has 0 spiro atoms. The summed E-state index contributed by atoms with van der Waals surface area (Å²) < 4.78 is 38.0. The lowest BCUT2D eigenvalue weighted by atomic mass is 9.88. The SMILES string of the molecule is N=C(SC(NC(=O)C1CCCCC1)c1cccc2c1OCO2)c1ccc(F)c(F)c1. The first-order valence-electron chi connectivity index (χ1n) is 9.92. The van der Waals surface area contributed by atoms with E-state index in [1.165, 1.54) is 6.07 Å². The highest BCUT2D eigenvalue weighted by Crippen LogP contribution is 2.43. The first kappa shape index (κ1) is 20.7. The summed E-state index contributed by atoms with van der Waals surface area (Å²) in [5.41, 5.74) is 0.909. The zero-order valence-corrected chi connectivity index (χ0v) is 17.1. The van der Waals surface area contributed by atoms with Gasteiger partial charge in [-0.2, -0.15) is 0 Å². The molecular weight excluding hydrogens is 410 g/mol. The minimum Gasteiger partial charge on any atom is -0.454 e. The molecule has 0 bridgehead atoms. The highest BCUT2D eigenvalue weighted by molar-refractivity contribution is 8.14. The lowest BCUT2D eigenvalue weighted by molar-refractivity contribution is -0.126. The number of carbonyl (C=O) groups is 1. The molecule has 1 aliphatic carbocycles. The number of benzene rings is 2. The summed E-state index contributed by atoms with van der Waals surface area (Å²) in [6.07, 6.45) is 4.88. The van der Waals surface area contributed by atoms with Gasteiger partial charge in [0.15, 0.2) is 23.1 Å². The molecule has 2 aromatic carbocycles. The lowest BCUT2D eigenvalue weighted by Gasteiger charge is -2.25. The zero-order valence-electron chi connectivity index (χ0n) is 16.3. The monoisotopic (exact) mass is 432 g/mol. The van der Waals surface area contributed by atoms with E-state index in [1.54, 1.807) is 12.1 Å². The Balaban J connectivity index is 1.60. The Morgan fingerprint density at radius 2 is 1.90 bits per heavy atom. The second-order valence-corrected chi connectivity index (χ2v) is 8.50. The number of nitrogens with one attached hydrogen (secondary N) is 2. The number of halogens is 2. The largest absolute Gasteiger partial charge is 0.454 e. The van der Waals surface area contributed by atoms with Gasteiger partial charge in [0.25, 0.3) is 0 Å². The number of para-hydroxylation sites is 1. The van der Waals surface area contributed by atoms with E-state index in [9.17, 15) is 13.6 Å². The maximum Gasteiger partial charge on any atom is 0.231 e. The smallest absolute Gasteiger partial charge is 0.231 e. The van der Waals surface area contributed by atoms with Gasteiger partial charge in [0.2, 0.25) is 12.7 Å². The number of ether oxygens (including phenoxy) is 2. The molecule has 30 heavy (non-hydrogen) atoms. The molecule has 1 saturated carbocycles. The van der Waals surface area contributed by atoms with Crippen LogP contribution < -0.4 is 14.8 Å². The number of amides is 1. The van der Waals surface area contributed by atoms with Gasteiger partial charge in [-0.3, -0.25) is 10.2 Å². The molecule has 0 aromatic heterocycles. The summed E-state index contributed by atoms with van der Waals surface area (Å²) in [4.78, 5) is 12.9. The fourth-order valence-corrected chi connectivity index (χ4v) is 4.75. The summed E-state index contributed by atoms with van der Waals surface area (Å²) in [6, 6.07) is 8.71. The lowest BCUT2D eigenvalue weighted by Crippen LogP contribution is -2.34. The van der Waals surface area contributed by atoms with Crippen LogP contribution in [0.1, 0.15) is 48.6 Å². The average molecular weight is 432 g/mol. The van der Waals surface area contributed by atoms with E-state index in [4.69, 9.17) is 14.9 Å². The number of hydrogen-bond acceptors (Lipinski definition) is 5. The van der Waals surface area contributed by atoms with Crippen molar-refractivity contribution in [2.75, 3.05) is 6.79 Å². The van der Waals surface area contributed by atoms with Crippen molar-refractivity contribution in [1.29, 1.82) is 5.41 Å². The van der Waals surface area contributed by atoms with Gasteiger partial charge in [-0.25, -0.2) is 8.78 Å². The van der Waals surface area contributed by atoms with Gasteiger partial charge in [0, 0.05) is 17.0 Å². The van der Waals surface area contributed by atoms with Crippen LogP contribution in [0.2, 0.25) is 0 Å². The third-order valence-electron chi connectivity index (χ3n) is 5.38. The molecule has 5 nitrogen and oxygen atoms in total. The number of thioether (sulfide) groups is 1. The Morgan fingerprint density at radius 1 is 1.10 bits per heavy atom. The predicted octanol–water partition coefficient (Wildman–Crippen LogP) is 5.15. The Kier molecular flexibility index (Phi) is 6.22. The van der Waals surface area contributed by atoms with E-state index in [2.05, 4.69) is 5.32 Å². The van der Waals surface area contributed by atoms with Crippen LogP contribution in [0.3, 0.4) is 0 Å². The van der Waals surface area contributed by atoms with Gasteiger partial charge in [-0.15, -0.1) is 0 Å². The van der Waals surface area contributed by atoms with Crippen molar-refractivity contribution in [2.24, 2.45) is 5.92 Å². The zero-order chi connectivity index (χ0) is 21.1. The van der Waals surface area contributed by atoms with E-state index >= 15 is 0 Å². The molecule has 1 atom stereocenters. The van der Waals surface area contributed by atoms with E-state index in [0.29, 0.717) is 17.1 Å². The minimum atomic E-state index is -1.02. The molecule has 0 saturated heterocycles. The van der Waals surface area contributed by atoms with Crippen molar-refractivity contribution in [3.63, 3.8) is 0 Å². The molecule has 0 radical (unpaired) electrons. The van der Waals surface area contributed by atoms with Gasteiger partial charge >= 0.3 is 0 Å². The van der Waals surface area contributed by atoms with Crippen molar-refractivity contribution in [2.45, 2.75) is 37.5 Å². The highest BCUT2D eigenvalue weighted by atomic mass is 32.2.